The molecular formula is C13H23NO2S. The molecule has 4 heteroatoms. The third kappa shape index (κ3) is 2.79. The van der Waals surface area contributed by atoms with Gasteiger partial charge in [0.2, 0.25) is 0 Å². The van der Waals surface area contributed by atoms with Crippen LogP contribution in [-0.2, 0) is 4.79 Å². The van der Waals surface area contributed by atoms with E-state index in [-0.39, 0.29) is 0 Å². The highest BCUT2D eigenvalue weighted by atomic mass is 32.2. The van der Waals surface area contributed by atoms with Gasteiger partial charge in [-0.15, -0.1) is 0 Å². The SMILES string of the molecule is CC(C)(C(=O)O)C1CCCN(C2CCSC2)C1. The van der Waals surface area contributed by atoms with Crippen LogP contribution in [0.5, 0.6) is 0 Å². The number of aliphatic carboxylic acids is 1. The van der Waals surface area contributed by atoms with E-state index in [9.17, 15) is 9.90 Å². The predicted molar refractivity (Wildman–Crippen MR) is 71.4 cm³/mol. The Labute approximate surface area is 108 Å². The minimum atomic E-state index is -0.648. The predicted octanol–water partition coefficient (Wildman–Crippen LogP) is 2.31. The maximum atomic E-state index is 11.3. The number of carbonyl (C=O) groups is 1. The molecule has 0 aliphatic carbocycles. The molecule has 2 atom stereocenters. The van der Waals surface area contributed by atoms with Crippen LogP contribution in [0, 0.1) is 11.3 Å². The summed E-state index contributed by atoms with van der Waals surface area (Å²) in [7, 11) is 0. The first-order valence-electron chi connectivity index (χ1n) is 6.57. The summed E-state index contributed by atoms with van der Waals surface area (Å²) < 4.78 is 0. The minimum Gasteiger partial charge on any atom is -0.481 e. The first-order chi connectivity index (χ1) is 8.01. The van der Waals surface area contributed by atoms with Crippen LogP contribution < -0.4 is 0 Å². The smallest absolute Gasteiger partial charge is 0.309 e. The van der Waals surface area contributed by atoms with Gasteiger partial charge in [-0.1, -0.05) is 0 Å². The zero-order valence-corrected chi connectivity index (χ0v) is 11.6. The van der Waals surface area contributed by atoms with Gasteiger partial charge in [0, 0.05) is 18.3 Å². The van der Waals surface area contributed by atoms with E-state index < -0.39 is 11.4 Å². The average molecular weight is 257 g/mol. The van der Waals surface area contributed by atoms with Crippen LogP contribution in [0.15, 0.2) is 0 Å². The molecule has 0 aromatic heterocycles. The molecule has 0 saturated carbocycles. The number of carboxylic acid groups (broad SMARTS) is 1. The van der Waals surface area contributed by atoms with Crippen molar-refractivity contribution in [3.63, 3.8) is 0 Å². The maximum Gasteiger partial charge on any atom is 0.309 e. The van der Waals surface area contributed by atoms with Crippen LogP contribution in [0.2, 0.25) is 0 Å². The lowest BCUT2D eigenvalue weighted by molar-refractivity contribution is -0.151. The lowest BCUT2D eigenvalue weighted by Gasteiger charge is -2.41. The van der Waals surface area contributed by atoms with Crippen molar-refractivity contribution >= 4 is 17.7 Å². The maximum absolute atomic E-state index is 11.3. The van der Waals surface area contributed by atoms with Crippen molar-refractivity contribution in [3.8, 4) is 0 Å². The van der Waals surface area contributed by atoms with E-state index in [1.54, 1.807) is 0 Å². The van der Waals surface area contributed by atoms with E-state index in [0.29, 0.717) is 12.0 Å². The molecule has 2 aliphatic rings. The molecule has 98 valence electrons. The van der Waals surface area contributed by atoms with Crippen molar-refractivity contribution in [2.75, 3.05) is 24.6 Å². The lowest BCUT2D eigenvalue weighted by Crippen LogP contribution is -2.48. The standard InChI is InChI=1S/C13H23NO2S/c1-13(2,12(15)16)10-4-3-6-14(8-10)11-5-7-17-9-11/h10-11H,3-9H2,1-2H3,(H,15,16). The first kappa shape index (κ1) is 13.2. The van der Waals surface area contributed by atoms with E-state index in [1.807, 2.05) is 25.6 Å². The first-order valence-corrected chi connectivity index (χ1v) is 7.72. The van der Waals surface area contributed by atoms with Gasteiger partial charge in [-0.3, -0.25) is 9.69 Å². The summed E-state index contributed by atoms with van der Waals surface area (Å²) in [6.45, 7) is 5.90. The molecule has 0 bridgehead atoms. The third-order valence-corrected chi connectivity index (χ3v) is 5.59. The Bertz CT molecular complexity index is 287. The number of piperidine rings is 1. The van der Waals surface area contributed by atoms with Crippen molar-refractivity contribution in [1.29, 1.82) is 0 Å². The van der Waals surface area contributed by atoms with Crippen molar-refractivity contribution < 1.29 is 9.90 Å². The highest BCUT2D eigenvalue weighted by Gasteiger charge is 2.40. The van der Waals surface area contributed by atoms with Gasteiger partial charge in [0.15, 0.2) is 0 Å². The monoisotopic (exact) mass is 257 g/mol. The van der Waals surface area contributed by atoms with Crippen molar-refractivity contribution in [1.82, 2.24) is 4.90 Å². The van der Waals surface area contributed by atoms with Crippen LogP contribution in [0.25, 0.3) is 0 Å². The summed E-state index contributed by atoms with van der Waals surface area (Å²) >= 11 is 2.03. The highest BCUT2D eigenvalue weighted by molar-refractivity contribution is 7.99. The van der Waals surface area contributed by atoms with Crippen LogP contribution in [0.4, 0.5) is 0 Å². The van der Waals surface area contributed by atoms with Crippen molar-refractivity contribution in [2.24, 2.45) is 11.3 Å². The molecule has 2 rings (SSSR count). The molecule has 2 fully saturated rings. The summed E-state index contributed by atoms with van der Waals surface area (Å²) in [5.74, 6) is 2.17. The van der Waals surface area contributed by atoms with Gasteiger partial charge in [-0.25, -0.2) is 0 Å². The van der Waals surface area contributed by atoms with E-state index >= 15 is 0 Å². The molecule has 2 unspecified atom stereocenters. The Hall–Kier alpha value is -0.220. The Morgan fingerprint density at radius 1 is 1.41 bits per heavy atom. The van der Waals surface area contributed by atoms with E-state index in [1.165, 1.54) is 17.9 Å². The van der Waals surface area contributed by atoms with Gasteiger partial charge in [-0.2, -0.15) is 11.8 Å². The van der Waals surface area contributed by atoms with E-state index in [2.05, 4.69) is 4.90 Å². The fourth-order valence-corrected chi connectivity index (χ4v) is 4.17. The molecule has 0 spiro atoms. The fraction of sp³-hybridized carbons (Fsp3) is 0.923. The van der Waals surface area contributed by atoms with Gasteiger partial charge in [0.05, 0.1) is 5.41 Å². The topological polar surface area (TPSA) is 40.5 Å². The van der Waals surface area contributed by atoms with Gasteiger partial charge < -0.3 is 5.11 Å². The zero-order chi connectivity index (χ0) is 12.5. The normalized spacial score (nSPS) is 31.6. The summed E-state index contributed by atoms with van der Waals surface area (Å²) in [5, 5.41) is 9.32. The molecule has 17 heavy (non-hydrogen) atoms. The zero-order valence-electron chi connectivity index (χ0n) is 10.8. The lowest BCUT2D eigenvalue weighted by atomic mass is 9.74. The summed E-state index contributed by atoms with van der Waals surface area (Å²) in [4.78, 5) is 13.9. The highest BCUT2D eigenvalue weighted by Crippen LogP contribution is 2.36. The van der Waals surface area contributed by atoms with Crippen molar-refractivity contribution in [2.45, 2.75) is 39.2 Å². The number of carboxylic acids is 1. The molecule has 0 aromatic rings. The number of rotatable bonds is 3. The number of nitrogens with zero attached hydrogens (tertiary/aromatic N) is 1. The molecule has 0 aromatic carbocycles. The minimum absolute atomic E-state index is 0.305. The number of hydrogen-bond acceptors (Lipinski definition) is 3. The second-order valence-electron chi connectivity index (χ2n) is 5.88. The number of thioether (sulfide) groups is 1. The van der Waals surface area contributed by atoms with Crippen LogP contribution in [-0.4, -0.2) is 46.6 Å². The molecular weight excluding hydrogens is 234 g/mol. The Balaban J connectivity index is 1.99. The molecule has 2 saturated heterocycles. The Morgan fingerprint density at radius 2 is 2.18 bits per heavy atom. The van der Waals surface area contributed by atoms with Gasteiger partial charge in [0.1, 0.15) is 0 Å². The summed E-state index contributed by atoms with van der Waals surface area (Å²) in [5.41, 5.74) is -0.579. The molecule has 3 nitrogen and oxygen atoms in total. The molecule has 0 amide bonds. The summed E-state index contributed by atoms with van der Waals surface area (Å²) in [6, 6.07) is 0.701. The quantitative estimate of drug-likeness (QED) is 0.842. The van der Waals surface area contributed by atoms with E-state index in [4.69, 9.17) is 0 Å². The van der Waals surface area contributed by atoms with Crippen molar-refractivity contribution in [3.05, 3.63) is 0 Å². The Kier molecular flexibility index (Phi) is 4.03. The van der Waals surface area contributed by atoms with Crippen LogP contribution in [0.1, 0.15) is 33.1 Å². The second-order valence-corrected chi connectivity index (χ2v) is 7.03. The van der Waals surface area contributed by atoms with Crippen LogP contribution >= 0.6 is 11.8 Å². The number of likely N-dealkylation sites (tertiary alicyclic amines) is 1. The van der Waals surface area contributed by atoms with E-state index in [0.717, 1.165) is 25.9 Å². The fourth-order valence-electron chi connectivity index (χ4n) is 2.91. The average Bonchev–Trinajstić information content (AvgIpc) is 2.82. The molecule has 0 radical (unpaired) electrons. The van der Waals surface area contributed by atoms with Gasteiger partial charge >= 0.3 is 5.97 Å². The third-order valence-electron chi connectivity index (χ3n) is 4.45. The molecule has 1 N–H and O–H groups in total. The van der Waals surface area contributed by atoms with Gasteiger partial charge in [-0.05, 0) is 51.3 Å². The second kappa shape index (κ2) is 5.19. The Morgan fingerprint density at radius 3 is 2.76 bits per heavy atom. The molecule has 2 aliphatic heterocycles. The van der Waals surface area contributed by atoms with Gasteiger partial charge in [0.25, 0.3) is 0 Å². The summed E-state index contributed by atoms with van der Waals surface area (Å²) in [6.07, 6.45) is 3.50. The largest absolute Gasteiger partial charge is 0.481 e. The van der Waals surface area contributed by atoms with Crippen LogP contribution in [0.3, 0.4) is 0 Å². The number of hydrogen-bond donors (Lipinski definition) is 1. The molecule has 2 heterocycles.